The predicted molar refractivity (Wildman–Crippen MR) is 62.8 cm³/mol. The summed E-state index contributed by atoms with van der Waals surface area (Å²) in [6.45, 7) is 1.80. The van der Waals surface area contributed by atoms with Crippen molar-refractivity contribution in [3.05, 3.63) is 28.5 Å². The lowest BCUT2D eigenvalue weighted by atomic mass is 9.91. The maximum atomic E-state index is 13.9. The van der Waals surface area contributed by atoms with E-state index in [0.29, 0.717) is 16.3 Å². The van der Waals surface area contributed by atoms with Crippen LogP contribution in [-0.2, 0) is 0 Å². The third kappa shape index (κ3) is 2.30. The molecule has 1 aliphatic heterocycles. The van der Waals surface area contributed by atoms with Gasteiger partial charge in [0.05, 0.1) is 12.1 Å². The van der Waals surface area contributed by atoms with Crippen molar-refractivity contribution >= 4 is 11.6 Å². The summed E-state index contributed by atoms with van der Waals surface area (Å²) in [5.41, 5.74) is 0.620. The van der Waals surface area contributed by atoms with Gasteiger partial charge >= 0.3 is 0 Å². The topological polar surface area (TPSA) is 21.3 Å². The van der Waals surface area contributed by atoms with Crippen LogP contribution in [0, 0.1) is 5.82 Å². The molecule has 0 saturated carbocycles. The number of hydrogen-bond donors (Lipinski definition) is 1. The quantitative estimate of drug-likeness (QED) is 0.862. The number of rotatable bonds is 2. The molecule has 1 heterocycles. The van der Waals surface area contributed by atoms with Crippen LogP contribution in [0.4, 0.5) is 4.39 Å². The van der Waals surface area contributed by atoms with E-state index in [9.17, 15) is 4.39 Å². The smallest absolute Gasteiger partial charge is 0.131 e. The summed E-state index contributed by atoms with van der Waals surface area (Å²) in [6.07, 6.45) is 2.04. The average molecular weight is 244 g/mol. The van der Waals surface area contributed by atoms with Gasteiger partial charge in [0.2, 0.25) is 0 Å². The van der Waals surface area contributed by atoms with Crippen LogP contribution in [0.2, 0.25) is 5.02 Å². The molecule has 2 rings (SSSR count). The maximum Gasteiger partial charge on any atom is 0.131 e. The first-order valence-electron chi connectivity index (χ1n) is 5.46. The Bertz CT molecular complexity index is 354. The molecule has 0 aliphatic carbocycles. The zero-order valence-electron chi connectivity index (χ0n) is 9.22. The van der Waals surface area contributed by atoms with Crippen LogP contribution < -0.4 is 10.1 Å². The molecule has 88 valence electrons. The van der Waals surface area contributed by atoms with Gasteiger partial charge in [0.15, 0.2) is 0 Å². The number of nitrogens with one attached hydrogen (secondary N) is 1. The minimum Gasteiger partial charge on any atom is -0.497 e. The molecule has 0 aromatic heterocycles. The second-order valence-electron chi connectivity index (χ2n) is 4.05. The molecule has 1 aliphatic rings. The molecule has 1 aromatic rings. The van der Waals surface area contributed by atoms with E-state index in [1.54, 1.807) is 6.07 Å². The normalized spacial score (nSPS) is 20.8. The van der Waals surface area contributed by atoms with Crippen LogP contribution in [0.25, 0.3) is 0 Å². The van der Waals surface area contributed by atoms with Crippen molar-refractivity contribution in [2.75, 3.05) is 20.2 Å². The fourth-order valence-electron chi connectivity index (χ4n) is 2.17. The maximum absolute atomic E-state index is 13.9. The molecule has 0 radical (unpaired) electrons. The molecule has 4 heteroatoms. The highest BCUT2D eigenvalue weighted by Crippen LogP contribution is 2.34. The van der Waals surface area contributed by atoms with Gasteiger partial charge in [-0.2, -0.15) is 0 Å². The van der Waals surface area contributed by atoms with Crippen LogP contribution in [0.5, 0.6) is 5.75 Å². The van der Waals surface area contributed by atoms with Gasteiger partial charge in [0.1, 0.15) is 11.6 Å². The van der Waals surface area contributed by atoms with E-state index < -0.39 is 0 Å². The number of benzene rings is 1. The van der Waals surface area contributed by atoms with Crippen LogP contribution in [-0.4, -0.2) is 20.2 Å². The molecular weight excluding hydrogens is 229 g/mol. The van der Waals surface area contributed by atoms with Gasteiger partial charge in [-0.1, -0.05) is 11.6 Å². The average Bonchev–Trinajstić information content (AvgIpc) is 2.29. The molecule has 16 heavy (non-hydrogen) atoms. The molecule has 1 aromatic carbocycles. The van der Waals surface area contributed by atoms with Crippen molar-refractivity contribution in [3.8, 4) is 5.75 Å². The summed E-state index contributed by atoms with van der Waals surface area (Å²) < 4.78 is 18.9. The SMILES string of the molecule is COc1cc(F)c(C2CCCNC2)c(Cl)c1. The van der Waals surface area contributed by atoms with Crippen LogP contribution in [0.3, 0.4) is 0 Å². The molecule has 1 saturated heterocycles. The zero-order valence-corrected chi connectivity index (χ0v) is 9.98. The third-order valence-corrected chi connectivity index (χ3v) is 3.31. The van der Waals surface area contributed by atoms with Crippen molar-refractivity contribution in [2.24, 2.45) is 0 Å². The van der Waals surface area contributed by atoms with Gasteiger partial charge < -0.3 is 10.1 Å². The van der Waals surface area contributed by atoms with E-state index in [1.807, 2.05) is 0 Å². The molecule has 1 fully saturated rings. The van der Waals surface area contributed by atoms with E-state index in [2.05, 4.69) is 5.32 Å². The summed E-state index contributed by atoms with van der Waals surface area (Å²) in [5, 5.41) is 3.72. The molecule has 0 spiro atoms. The Hall–Kier alpha value is -0.800. The van der Waals surface area contributed by atoms with Crippen molar-refractivity contribution in [1.29, 1.82) is 0 Å². The lowest BCUT2D eigenvalue weighted by Crippen LogP contribution is -2.29. The van der Waals surface area contributed by atoms with E-state index >= 15 is 0 Å². The Balaban J connectivity index is 2.32. The summed E-state index contributed by atoms with van der Waals surface area (Å²) in [5.74, 6) is 0.375. The van der Waals surface area contributed by atoms with Crippen molar-refractivity contribution in [3.63, 3.8) is 0 Å². The monoisotopic (exact) mass is 243 g/mol. The molecular formula is C12H15ClFNO. The number of ether oxygens (including phenoxy) is 1. The minimum absolute atomic E-state index is 0.173. The summed E-state index contributed by atoms with van der Waals surface area (Å²) >= 11 is 6.10. The largest absolute Gasteiger partial charge is 0.497 e. The highest BCUT2D eigenvalue weighted by Gasteiger charge is 2.22. The van der Waals surface area contributed by atoms with Crippen molar-refractivity contribution in [2.45, 2.75) is 18.8 Å². The van der Waals surface area contributed by atoms with Crippen LogP contribution in [0.1, 0.15) is 24.3 Å². The number of methoxy groups -OCH3 is 1. The number of piperidine rings is 1. The van der Waals surface area contributed by atoms with Gasteiger partial charge in [-0.15, -0.1) is 0 Å². The first-order valence-corrected chi connectivity index (χ1v) is 5.84. The Morgan fingerprint density at radius 3 is 2.88 bits per heavy atom. The van der Waals surface area contributed by atoms with E-state index in [0.717, 1.165) is 25.9 Å². The fraction of sp³-hybridized carbons (Fsp3) is 0.500. The van der Waals surface area contributed by atoms with Gasteiger partial charge in [-0.05, 0) is 25.5 Å². The first kappa shape index (κ1) is 11.7. The first-order chi connectivity index (χ1) is 7.72. The lowest BCUT2D eigenvalue weighted by Gasteiger charge is -2.24. The van der Waals surface area contributed by atoms with Gasteiger partial charge in [-0.3, -0.25) is 0 Å². The highest BCUT2D eigenvalue weighted by atomic mass is 35.5. The Kier molecular flexibility index (Phi) is 3.66. The molecule has 1 unspecified atom stereocenters. The van der Waals surface area contributed by atoms with Gasteiger partial charge in [0, 0.05) is 24.1 Å². The minimum atomic E-state index is -0.266. The number of halogens is 2. The van der Waals surface area contributed by atoms with E-state index in [1.165, 1.54) is 13.2 Å². The standard InChI is InChI=1S/C12H15ClFNO/c1-16-9-5-10(13)12(11(14)6-9)8-3-2-4-15-7-8/h5-6,8,15H,2-4,7H2,1H3. The van der Waals surface area contributed by atoms with E-state index in [-0.39, 0.29) is 11.7 Å². The summed E-state index contributed by atoms with van der Waals surface area (Å²) in [6, 6.07) is 3.07. The Labute approximate surface area is 99.7 Å². The number of hydrogen-bond acceptors (Lipinski definition) is 2. The molecule has 2 nitrogen and oxygen atoms in total. The second kappa shape index (κ2) is 5.02. The van der Waals surface area contributed by atoms with Gasteiger partial charge in [-0.25, -0.2) is 4.39 Å². The highest BCUT2D eigenvalue weighted by molar-refractivity contribution is 6.31. The fourth-order valence-corrected chi connectivity index (χ4v) is 2.52. The van der Waals surface area contributed by atoms with Crippen molar-refractivity contribution < 1.29 is 9.13 Å². The Morgan fingerprint density at radius 2 is 2.31 bits per heavy atom. The van der Waals surface area contributed by atoms with Crippen molar-refractivity contribution in [1.82, 2.24) is 5.32 Å². The van der Waals surface area contributed by atoms with Crippen LogP contribution in [0.15, 0.2) is 12.1 Å². The predicted octanol–water partition coefficient (Wildman–Crippen LogP) is 2.95. The zero-order chi connectivity index (χ0) is 11.5. The molecule has 1 atom stereocenters. The summed E-state index contributed by atoms with van der Waals surface area (Å²) in [4.78, 5) is 0. The van der Waals surface area contributed by atoms with E-state index in [4.69, 9.17) is 16.3 Å². The van der Waals surface area contributed by atoms with Crippen LogP contribution >= 0.6 is 11.6 Å². The second-order valence-corrected chi connectivity index (χ2v) is 4.46. The third-order valence-electron chi connectivity index (χ3n) is 2.99. The molecule has 0 amide bonds. The lowest BCUT2D eigenvalue weighted by molar-refractivity contribution is 0.407. The molecule has 1 N–H and O–H groups in total. The summed E-state index contributed by atoms with van der Waals surface area (Å²) in [7, 11) is 1.51. The molecule has 0 bridgehead atoms. The Morgan fingerprint density at radius 1 is 1.50 bits per heavy atom. The van der Waals surface area contributed by atoms with Gasteiger partial charge in [0.25, 0.3) is 0 Å².